The summed E-state index contributed by atoms with van der Waals surface area (Å²) in [6.07, 6.45) is 1.53. The van der Waals surface area contributed by atoms with Crippen LogP contribution < -0.4 is 5.32 Å². The first-order valence-corrected chi connectivity index (χ1v) is 5.07. The third-order valence-electron chi connectivity index (χ3n) is 2.35. The summed E-state index contributed by atoms with van der Waals surface area (Å²) in [6.45, 7) is 1.23. The zero-order valence-corrected chi connectivity index (χ0v) is 9.39. The molecule has 0 aliphatic heterocycles. The van der Waals surface area contributed by atoms with Gasteiger partial charge in [0, 0.05) is 13.0 Å². The number of nitrogens with zero attached hydrogens (tertiary/aromatic N) is 1. The monoisotopic (exact) mass is 244 g/mol. The Morgan fingerprint density at radius 2 is 2.06 bits per heavy atom. The number of pyridine rings is 1. The second-order valence-corrected chi connectivity index (χ2v) is 3.68. The molecular weight excluding hydrogens is 236 g/mol. The Balaban J connectivity index is 2.51. The van der Waals surface area contributed by atoms with Gasteiger partial charge in [-0.1, -0.05) is 0 Å². The highest BCUT2D eigenvalue weighted by atomic mass is 16.2. The maximum atomic E-state index is 12.0. The first-order chi connectivity index (χ1) is 8.52. The highest BCUT2D eigenvalue weighted by Gasteiger charge is 2.27. The Hall–Kier alpha value is -2.63. The fraction of sp³-hybridized carbons (Fsp3) is 0.0833. The molecule has 1 N–H and O–H groups in total. The molecule has 18 heavy (non-hydrogen) atoms. The van der Waals surface area contributed by atoms with E-state index in [0.717, 1.165) is 6.08 Å². The molecule has 6 nitrogen and oxygen atoms in total. The predicted molar refractivity (Wildman–Crippen MR) is 60.2 cm³/mol. The summed E-state index contributed by atoms with van der Waals surface area (Å²) in [6, 6.07) is 2.72. The molecule has 1 aliphatic carbocycles. The Labute approximate surface area is 102 Å². The fourth-order valence-corrected chi connectivity index (χ4v) is 1.60. The Kier molecular flexibility index (Phi) is 2.85. The molecule has 1 aromatic heterocycles. The summed E-state index contributed by atoms with van der Waals surface area (Å²) in [5, 5.41) is 2.26. The van der Waals surface area contributed by atoms with E-state index in [9.17, 15) is 19.2 Å². The van der Waals surface area contributed by atoms with Crippen LogP contribution >= 0.6 is 0 Å². The molecule has 2 rings (SSSR count). The van der Waals surface area contributed by atoms with Gasteiger partial charge in [0.05, 0.1) is 11.3 Å². The largest absolute Gasteiger partial charge is 0.323 e. The zero-order chi connectivity index (χ0) is 13.3. The molecule has 0 saturated carbocycles. The van der Waals surface area contributed by atoms with Gasteiger partial charge >= 0.3 is 0 Å². The standard InChI is InChI=1S/C12H8N2O4/c1-6(16)13-9-4-10(17)8-3-2-7(5-15)14-11(8)12(9)18/h2-5H,1H3,(H,13,16). The Morgan fingerprint density at radius 1 is 1.33 bits per heavy atom. The number of ketones is 2. The van der Waals surface area contributed by atoms with Crippen LogP contribution in [0.1, 0.15) is 38.3 Å². The van der Waals surface area contributed by atoms with Crippen molar-refractivity contribution < 1.29 is 19.2 Å². The van der Waals surface area contributed by atoms with E-state index in [-0.39, 0.29) is 22.6 Å². The van der Waals surface area contributed by atoms with Crippen LogP contribution in [-0.4, -0.2) is 28.7 Å². The van der Waals surface area contributed by atoms with Crippen LogP contribution in [0, 0.1) is 0 Å². The average Bonchev–Trinajstić information content (AvgIpc) is 2.34. The minimum atomic E-state index is -0.580. The molecule has 1 amide bonds. The third-order valence-corrected chi connectivity index (χ3v) is 2.35. The maximum absolute atomic E-state index is 12.0. The van der Waals surface area contributed by atoms with E-state index in [4.69, 9.17) is 0 Å². The van der Waals surface area contributed by atoms with Crippen LogP contribution in [-0.2, 0) is 4.79 Å². The minimum Gasteiger partial charge on any atom is -0.323 e. The Bertz CT molecular complexity index is 617. The molecule has 1 heterocycles. The predicted octanol–water partition coefficient (Wildman–Crippen LogP) is 0.293. The molecule has 0 bridgehead atoms. The number of fused-ring (bicyclic) bond motifs is 1. The van der Waals surface area contributed by atoms with Crippen molar-refractivity contribution in [1.82, 2.24) is 10.3 Å². The molecule has 1 aliphatic rings. The van der Waals surface area contributed by atoms with Crippen LogP contribution in [0.3, 0.4) is 0 Å². The van der Waals surface area contributed by atoms with Crippen molar-refractivity contribution in [3.05, 3.63) is 40.9 Å². The third kappa shape index (κ3) is 1.95. The van der Waals surface area contributed by atoms with Gasteiger partial charge in [0.1, 0.15) is 11.4 Å². The molecule has 0 radical (unpaired) electrons. The van der Waals surface area contributed by atoms with Gasteiger partial charge in [-0.15, -0.1) is 0 Å². The highest BCUT2D eigenvalue weighted by Crippen LogP contribution is 2.18. The lowest BCUT2D eigenvalue weighted by Gasteiger charge is -2.14. The molecule has 0 unspecified atom stereocenters. The lowest BCUT2D eigenvalue weighted by molar-refractivity contribution is -0.118. The second kappa shape index (κ2) is 4.33. The van der Waals surface area contributed by atoms with E-state index in [1.54, 1.807) is 0 Å². The van der Waals surface area contributed by atoms with Gasteiger partial charge < -0.3 is 5.32 Å². The number of amides is 1. The van der Waals surface area contributed by atoms with E-state index < -0.39 is 17.5 Å². The van der Waals surface area contributed by atoms with Crippen molar-refractivity contribution in [2.24, 2.45) is 0 Å². The lowest BCUT2D eigenvalue weighted by Crippen LogP contribution is -2.30. The molecule has 0 aromatic carbocycles. The Morgan fingerprint density at radius 3 is 2.67 bits per heavy atom. The number of nitrogens with one attached hydrogen (secondary N) is 1. The number of rotatable bonds is 2. The van der Waals surface area contributed by atoms with Gasteiger partial charge in [-0.05, 0) is 12.1 Å². The topological polar surface area (TPSA) is 93.2 Å². The van der Waals surface area contributed by atoms with Gasteiger partial charge in [0.25, 0.3) is 0 Å². The van der Waals surface area contributed by atoms with Crippen LogP contribution in [0.25, 0.3) is 0 Å². The highest BCUT2D eigenvalue weighted by molar-refractivity contribution is 6.24. The van der Waals surface area contributed by atoms with Crippen LogP contribution in [0.4, 0.5) is 0 Å². The second-order valence-electron chi connectivity index (χ2n) is 3.68. The summed E-state index contributed by atoms with van der Waals surface area (Å²) in [5.41, 5.74) is -0.0647. The van der Waals surface area contributed by atoms with Crippen molar-refractivity contribution in [1.29, 1.82) is 0 Å². The summed E-state index contributed by atoms with van der Waals surface area (Å²) in [5.74, 6) is -1.47. The summed E-state index contributed by atoms with van der Waals surface area (Å²) in [4.78, 5) is 49.0. The lowest BCUT2D eigenvalue weighted by atomic mass is 9.97. The number of carbonyl (C=O) groups is 4. The van der Waals surface area contributed by atoms with Crippen molar-refractivity contribution in [3.63, 3.8) is 0 Å². The summed E-state index contributed by atoms with van der Waals surface area (Å²) in [7, 11) is 0. The molecule has 6 heteroatoms. The van der Waals surface area contributed by atoms with E-state index in [1.807, 2.05) is 0 Å². The van der Waals surface area contributed by atoms with Gasteiger partial charge in [0.15, 0.2) is 12.1 Å². The van der Waals surface area contributed by atoms with Crippen LogP contribution in [0.2, 0.25) is 0 Å². The number of hydrogen-bond donors (Lipinski definition) is 1. The fourth-order valence-electron chi connectivity index (χ4n) is 1.60. The normalized spacial score (nSPS) is 13.7. The van der Waals surface area contributed by atoms with Gasteiger partial charge in [0.2, 0.25) is 11.7 Å². The molecule has 0 spiro atoms. The van der Waals surface area contributed by atoms with Crippen molar-refractivity contribution in [3.8, 4) is 0 Å². The molecule has 0 atom stereocenters. The maximum Gasteiger partial charge on any atom is 0.228 e. The number of Topliss-reactive ketones (excluding diaryl/α,β-unsaturated/α-hetero) is 1. The van der Waals surface area contributed by atoms with E-state index in [0.29, 0.717) is 6.29 Å². The van der Waals surface area contributed by atoms with Gasteiger partial charge in [-0.25, -0.2) is 4.98 Å². The van der Waals surface area contributed by atoms with E-state index in [1.165, 1.54) is 19.1 Å². The quantitative estimate of drug-likeness (QED) is 0.755. The van der Waals surface area contributed by atoms with Crippen LogP contribution in [0.15, 0.2) is 23.9 Å². The number of allylic oxidation sites excluding steroid dienone is 2. The van der Waals surface area contributed by atoms with Crippen molar-refractivity contribution >= 4 is 23.8 Å². The molecule has 0 saturated heterocycles. The number of aromatic nitrogens is 1. The first-order valence-electron chi connectivity index (χ1n) is 5.07. The number of aldehydes is 1. The van der Waals surface area contributed by atoms with Crippen molar-refractivity contribution in [2.45, 2.75) is 6.92 Å². The average molecular weight is 244 g/mol. The summed E-state index contributed by atoms with van der Waals surface area (Å²) < 4.78 is 0. The molecule has 0 fully saturated rings. The van der Waals surface area contributed by atoms with Gasteiger partial charge in [-0.2, -0.15) is 0 Å². The molecule has 90 valence electrons. The minimum absolute atomic E-state index is 0.0546. The SMILES string of the molecule is CC(=O)NC1=CC(=O)c2ccc(C=O)nc2C1=O. The van der Waals surface area contributed by atoms with E-state index in [2.05, 4.69) is 10.3 Å². The van der Waals surface area contributed by atoms with E-state index >= 15 is 0 Å². The first kappa shape index (κ1) is 11.8. The molecular formula is C12H8N2O4. The van der Waals surface area contributed by atoms with Gasteiger partial charge in [-0.3, -0.25) is 19.2 Å². The van der Waals surface area contributed by atoms with Crippen molar-refractivity contribution in [2.75, 3.05) is 0 Å². The summed E-state index contributed by atoms with van der Waals surface area (Å²) >= 11 is 0. The zero-order valence-electron chi connectivity index (χ0n) is 9.39. The number of hydrogen-bond acceptors (Lipinski definition) is 5. The molecule has 1 aromatic rings. The number of carbonyl (C=O) groups excluding carboxylic acids is 4. The van der Waals surface area contributed by atoms with Crippen LogP contribution in [0.5, 0.6) is 0 Å². The smallest absolute Gasteiger partial charge is 0.228 e.